The fourth-order valence-corrected chi connectivity index (χ4v) is 2.07. The molecule has 0 heterocycles. The second kappa shape index (κ2) is 6.56. The zero-order valence-electron chi connectivity index (χ0n) is 11.3. The van der Waals surface area contributed by atoms with Crippen LogP contribution in [-0.4, -0.2) is 48.2 Å². The van der Waals surface area contributed by atoms with Crippen LogP contribution in [0.25, 0.3) is 0 Å². The molecule has 112 valence electrons. The number of hydrogen-bond donors (Lipinski definition) is 2. The van der Waals surface area contributed by atoms with Crippen molar-refractivity contribution in [1.29, 1.82) is 0 Å². The van der Waals surface area contributed by atoms with E-state index in [0.717, 1.165) is 12.8 Å². The summed E-state index contributed by atoms with van der Waals surface area (Å²) < 4.78 is 37.3. The fraction of sp³-hybridized carbons (Fsp3) is 0.917. The molecule has 1 aliphatic rings. The van der Waals surface area contributed by atoms with Gasteiger partial charge in [0, 0.05) is 18.6 Å². The lowest BCUT2D eigenvalue weighted by atomic mass is 10.1. The van der Waals surface area contributed by atoms with Crippen molar-refractivity contribution in [2.45, 2.75) is 57.4 Å². The van der Waals surface area contributed by atoms with Gasteiger partial charge in [-0.15, -0.1) is 0 Å². The SMILES string of the molecule is CC(C)NC(CCN(CC(F)(F)F)C1CC1)C(N)=O. The lowest BCUT2D eigenvalue weighted by Gasteiger charge is -2.26. The molecule has 0 bridgehead atoms. The zero-order valence-corrected chi connectivity index (χ0v) is 11.3. The van der Waals surface area contributed by atoms with Gasteiger partial charge in [-0.25, -0.2) is 0 Å². The topological polar surface area (TPSA) is 58.4 Å². The molecule has 0 spiro atoms. The molecule has 0 aromatic heterocycles. The number of nitrogens with one attached hydrogen (secondary N) is 1. The Morgan fingerprint density at radius 2 is 2.00 bits per heavy atom. The Kier molecular flexibility index (Phi) is 5.61. The minimum absolute atomic E-state index is 0.00852. The number of rotatable bonds is 8. The standard InChI is InChI=1S/C12H22F3N3O/c1-8(2)17-10(11(16)19)5-6-18(9-3-4-9)7-12(13,14)15/h8-10,17H,3-7H2,1-2H3,(H2,16,19). The highest BCUT2D eigenvalue weighted by Crippen LogP contribution is 2.30. The first-order chi connectivity index (χ1) is 8.69. The summed E-state index contributed by atoms with van der Waals surface area (Å²) in [5, 5.41) is 2.97. The summed E-state index contributed by atoms with van der Waals surface area (Å²) in [4.78, 5) is 12.6. The largest absolute Gasteiger partial charge is 0.401 e. The van der Waals surface area contributed by atoms with Gasteiger partial charge in [-0.3, -0.25) is 9.69 Å². The number of halogens is 3. The van der Waals surface area contributed by atoms with Gasteiger partial charge < -0.3 is 11.1 Å². The molecule has 1 rings (SSSR count). The third kappa shape index (κ3) is 6.77. The summed E-state index contributed by atoms with van der Waals surface area (Å²) in [6, 6.07) is -0.502. The molecule has 0 radical (unpaired) electrons. The third-order valence-corrected chi connectivity index (χ3v) is 3.03. The Bertz CT molecular complexity index is 303. The number of nitrogens with two attached hydrogens (primary N) is 1. The Labute approximate surface area is 111 Å². The summed E-state index contributed by atoms with van der Waals surface area (Å²) in [6.07, 6.45) is -2.29. The van der Waals surface area contributed by atoms with E-state index in [1.165, 1.54) is 4.90 Å². The molecule has 0 aromatic carbocycles. The number of primary amides is 1. The van der Waals surface area contributed by atoms with Crippen molar-refractivity contribution in [3.05, 3.63) is 0 Å². The van der Waals surface area contributed by atoms with Crippen LogP contribution in [0.5, 0.6) is 0 Å². The van der Waals surface area contributed by atoms with E-state index in [2.05, 4.69) is 5.32 Å². The maximum atomic E-state index is 12.4. The third-order valence-electron chi connectivity index (χ3n) is 3.03. The van der Waals surface area contributed by atoms with Crippen molar-refractivity contribution in [3.8, 4) is 0 Å². The van der Waals surface area contributed by atoms with Crippen LogP contribution in [-0.2, 0) is 4.79 Å². The van der Waals surface area contributed by atoms with Crippen molar-refractivity contribution in [2.75, 3.05) is 13.1 Å². The Morgan fingerprint density at radius 1 is 1.42 bits per heavy atom. The number of alkyl halides is 3. The van der Waals surface area contributed by atoms with Crippen LogP contribution in [0.3, 0.4) is 0 Å². The quantitative estimate of drug-likeness (QED) is 0.704. The van der Waals surface area contributed by atoms with Gasteiger partial charge >= 0.3 is 6.18 Å². The number of carbonyl (C=O) groups excluding carboxylic acids is 1. The van der Waals surface area contributed by atoms with Gasteiger partial charge in [0.15, 0.2) is 0 Å². The van der Waals surface area contributed by atoms with Gasteiger partial charge in [-0.1, -0.05) is 13.8 Å². The first kappa shape index (κ1) is 16.2. The summed E-state index contributed by atoms with van der Waals surface area (Å²) in [6.45, 7) is 3.05. The summed E-state index contributed by atoms with van der Waals surface area (Å²) in [7, 11) is 0. The normalized spacial score (nSPS) is 18.1. The number of carbonyl (C=O) groups is 1. The first-order valence-corrected chi connectivity index (χ1v) is 6.55. The molecule has 0 saturated heterocycles. The lowest BCUT2D eigenvalue weighted by Crippen LogP contribution is -2.47. The molecule has 1 unspecified atom stereocenters. The van der Waals surface area contributed by atoms with E-state index < -0.39 is 24.7 Å². The van der Waals surface area contributed by atoms with E-state index >= 15 is 0 Å². The molecule has 1 amide bonds. The monoisotopic (exact) mass is 281 g/mol. The van der Waals surface area contributed by atoms with Gasteiger partial charge in [-0.05, 0) is 19.3 Å². The van der Waals surface area contributed by atoms with Crippen molar-refractivity contribution in [1.82, 2.24) is 10.2 Å². The molecule has 3 N–H and O–H groups in total. The molecule has 1 aliphatic carbocycles. The molecule has 7 heteroatoms. The molecular formula is C12H22F3N3O. The maximum Gasteiger partial charge on any atom is 0.401 e. The summed E-state index contributed by atoms with van der Waals surface area (Å²) in [5.74, 6) is -0.517. The number of nitrogens with zero attached hydrogens (tertiary/aromatic N) is 1. The van der Waals surface area contributed by atoms with Gasteiger partial charge in [0.05, 0.1) is 12.6 Å². The Morgan fingerprint density at radius 3 is 2.37 bits per heavy atom. The molecule has 1 atom stereocenters. The minimum Gasteiger partial charge on any atom is -0.368 e. The highest BCUT2D eigenvalue weighted by Gasteiger charge is 2.38. The van der Waals surface area contributed by atoms with E-state index in [1.807, 2.05) is 13.8 Å². The molecule has 1 fully saturated rings. The molecule has 4 nitrogen and oxygen atoms in total. The van der Waals surface area contributed by atoms with E-state index in [1.54, 1.807) is 0 Å². The van der Waals surface area contributed by atoms with Crippen molar-refractivity contribution < 1.29 is 18.0 Å². The Balaban J connectivity index is 2.47. The van der Waals surface area contributed by atoms with E-state index in [-0.39, 0.29) is 18.6 Å². The van der Waals surface area contributed by atoms with Crippen LogP contribution in [0.15, 0.2) is 0 Å². The molecule has 19 heavy (non-hydrogen) atoms. The van der Waals surface area contributed by atoms with Gasteiger partial charge in [0.25, 0.3) is 0 Å². The summed E-state index contributed by atoms with van der Waals surface area (Å²) >= 11 is 0. The van der Waals surface area contributed by atoms with Crippen LogP contribution < -0.4 is 11.1 Å². The number of hydrogen-bond acceptors (Lipinski definition) is 3. The smallest absolute Gasteiger partial charge is 0.368 e. The van der Waals surface area contributed by atoms with Crippen LogP contribution in [0.2, 0.25) is 0 Å². The van der Waals surface area contributed by atoms with Crippen molar-refractivity contribution in [2.24, 2.45) is 5.73 Å². The first-order valence-electron chi connectivity index (χ1n) is 6.55. The molecular weight excluding hydrogens is 259 g/mol. The number of amides is 1. The average molecular weight is 281 g/mol. The van der Waals surface area contributed by atoms with Crippen molar-refractivity contribution >= 4 is 5.91 Å². The lowest BCUT2D eigenvalue weighted by molar-refractivity contribution is -0.147. The van der Waals surface area contributed by atoms with E-state index in [0.29, 0.717) is 6.42 Å². The van der Waals surface area contributed by atoms with E-state index in [9.17, 15) is 18.0 Å². The van der Waals surface area contributed by atoms with Crippen LogP contribution >= 0.6 is 0 Å². The van der Waals surface area contributed by atoms with Crippen LogP contribution in [0, 0.1) is 0 Å². The van der Waals surface area contributed by atoms with Gasteiger partial charge in [-0.2, -0.15) is 13.2 Å². The highest BCUT2D eigenvalue weighted by molar-refractivity contribution is 5.79. The van der Waals surface area contributed by atoms with Gasteiger partial charge in [0.2, 0.25) is 5.91 Å². The predicted molar refractivity (Wildman–Crippen MR) is 66.5 cm³/mol. The van der Waals surface area contributed by atoms with Crippen LogP contribution in [0.4, 0.5) is 13.2 Å². The predicted octanol–water partition coefficient (Wildman–Crippen LogP) is 1.26. The fourth-order valence-electron chi connectivity index (χ4n) is 2.07. The maximum absolute atomic E-state index is 12.4. The van der Waals surface area contributed by atoms with Gasteiger partial charge in [0.1, 0.15) is 0 Å². The van der Waals surface area contributed by atoms with E-state index in [4.69, 9.17) is 5.73 Å². The summed E-state index contributed by atoms with van der Waals surface area (Å²) in [5.41, 5.74) is 5.25. The van der Waals surface area contributed by atoms with Crippen molar-refractivity contribution in [3.63, 3.8) is 0 Å². The molecule has 1 saturated carbocycles. The highest BCUT2D eigenvalue weighted by atomic mass is 19.4. The second-order valence-corrected chi connectivity index (χ2v) is 5.38. The average Bonchev–Trinajstić information content (AvgIpc) is 3.03. The molecule has 0 aromatic rings. The minimum atomic E-state index is -4.20. The molecule has 0 aliphatic heterocycles. The second-order valence-electron chi connectivity index (χ2n) is 5.38. The zero-order chi connectivity index (χ0) is 14.6. The Hall–Kier alpha value is -0.820. The van der Waals surface area contributed by atoms with Crippen LogP contribution in [0.1, 0.15) is 33.1 Å².